The number of ether oxygens (including phenoxy) is 1. The Morgan fingerprint density at radius 3 is 2.35 bits per heavy atom. The highest BCUT2D eigenvalue weighted by atomic mass is 19.3. The van der Waals surface area contributed by atoms with Crippen molar-refractivity contribution in [3.8, 4) is 0 Å². The first-order valence-electron chi connectivity index (χ1n) is 6.93. The molecule has 0 bridgehead atoms. The van der Waals surface area contributed by atoms with Crippen molar-refractivity contribution < 1.29 is 27.4 Å². The highest BCUT2D eigenvalue weighted by molar-refractivity contribution is 4.85. The Hall–Kier alpha value is -0.400. The number of nitrogens with one attached hydrogen (secondary N) is 1. The van der Waals surface area contributed by atoms with Crippen molar-refractivity contribution in [2.45, 2.75) is 57.4 Å². The number of aliphatic hydroxyl groups is 1. The third-order valence-corrected chi connectivity index (χ3v) is 3.29. The van der Waals surface area contributed by atoms with Gasteiger partial charge in [-0.25, -0.2) is 8.78 Å². The van der Waals surface area contributed by atoms with Gasteiger partial charge in [-0.15, -0.1) is 0 Å². The van der Waals surface area contributed by atoms with E-state index in [0.29, 0.717) is 19.3 Å². The molecule has 0 rings (SSSR count). The van der Waals surface area contributed by atoms with Crippen LogP contribution in [0.15, 0.2) is 0 Å². The topological polar surface area (TPSA) is 41.5 Å². The third-order valence-electron chi connectivity index (χ3n) is 3.29. The summed E-state index contributed by atoms with van der Waals surface area (Å²) in [7, 11) is 0. The number of rotatable bonds is 12. The number of alkyl halides is 4. The lowest BCUT2D eigenvalue weighted by molar-refractivity contribution is -0.166. The van der Waals surface area contributed by atoms with Gasteiger partial charge >= 0.3 is 12.3 Å². The summed E-state index contributed by atoms with van der Waals surface area (Å²) in [5.74, 6) is -4.10. The largest absolute Gasteiger partial charge is 0.394 e. The van der Waals surface area contributed by atoms with Crippen LogP contribution in [0, 0.1) is 0 Å². The maximum absolute atomic E-state index is 12.6. The summed E-state index contributed by atoms with van der Waals surface area (Å²) in [4.78, 5) is 0. The first kappa shape index (κ1) is 19.6. The SMILES string of the molecule is CCCNC(CC)(CO)CCCOCC(F)(F)C(F)F. The van der Waals surface area contributed by atoms with E-state index >= 15 is 0 Å². The molecular weight excluding hydrogens is 278 g/mol. The van der Waals surface area contributed by atoms with E-state index in [1.54, 1.807) is 0 Å². The molecule has 0 saturated heterocycles. The van der Waals surface area contributed by atoms with Gasteiger partial charge in [0.15, 0.2) is 0 Å². The summed E-state index contributed by atoms with van der Waals surface area (Å²) in [6, 6.07) is 0. The van der Waals surface area contributed by atoms with Crippen molar-refractivity contribution in [3.05, 3.63) is 0 Å². The van der Waals surface area contributed by atoms with Crippen LogP contribution in [0.2, 0.25) is 0 Å². The molecule has 7 heteroatoms. The molecule has 0 amide bonds. The minimum Gasteiger partial charge on any atom is -0.394 e. The summed E-state index contributed by atoms with van der Waals surface area (Å²) in [6.45, 7) is 3.31. The zero-order chi connectivity index (χ0) is 15.6. The van der Waals surface area contributed by atoms with E-state index in [2.05, 4.69) is 10.1 Å². The molecule has 2 N–H and O–H groups in total. The fourth-order valence-corrected chi connectivity index (χ4v) is 1.81. The third kappa shape index (κ3) is 6.85. The van der Waals surface area contributed by atoms with E-state index in [-0.39, 0.29) is 13.2 Å². The Morgan fingerprint density at radius 2 is 1.90 bits per heavy atom. The van der Waals surface area contributed by atoms with Crippen molar-refractivity contribution in [1.29, 1.82) is 0 Å². The lowest BCUT2D eigenvalue weighted by atomic mass is 9.91. The molecule has 0 aliphatic carbocycles. The number of aliphatic hydroxyl groups excluding tert-OH is 1. The Bertz CT molecular complexity index is 249. The minimum atomic E-state index is -4.10. The maximum atomic E-state index is 12.6. The van der Waals surface area contributed by atoms with Gasteiger partial charge in [-0.3, -0.25) is 0 Å². The van der Waals surface area contributed by atoms with Crippen molar-refractivity contribution in [2.75, 3.05) is 26.4 Å². The van der Waals surface area contributed by atoms with E-state index < -0.39 is 24.5 Å². The molecule has 0 spiro atoms. The Balaban J connectivity index is 4.01. The molecule has 0 heterocycles. The second-order valence-corrected chi connectivity index (χ2v) is 4.94. The zero-order valence-electron chi connectivity index (χ0n) is 12.1. The Kier molecular flexibility index (Phi) is 9.33. The van der Waals surface area contributed by atoms with Crippen LogP contribution < -0.4 is 5.32 Å². The molecule has 1 atom stereocenters. The van der Waals surface area contributed by atoms with E-state index in [9.17, 15) is 22.7 Å². The molecule has 0 fully saturated rings. The van der Waals surface area contributed by atoms with Gasteiger partial charge in [0.25, 0.3) is 0 Å². The molecule has 1 unspecified atom stereocenters. The van der Waals surface area contributed by atoms with Crippen LogP contribution in [0.5, 0.6) is 0 Å². The molecule has 0 aromatic carbocycles. The molecule has 0 aliphatic heterocycles. The monoisotopic (exact) mass is 303 g/mol. The average molecular weight is 303 g/mol. The van der Waals surface area contributed by atoms with Crippen LogP contribution in [0.1, 0.15) is 39.5 Å². The summed E-state index contributed by atoms with van der Waals surface area (Å²) in [5.41, 5.74) is -0.454. The second-order valence-electron chi connectivity index (χ2n) is 4.94. The van der Waals surface area contributed by atoms with E-state index in [1.165, 1.54) is 0 Å². The number of hydrogen-bond donors (Lipinski definition) is 2. The number of halogens is 4. The summed E-state index contributed by atoms with van der Waals surface area (Å²) >= 11 is 0. The van der Waals surface area contributed by atoms with E-state index in [0.717, 1.165) is 13.0 Å². The Labute approximate surface area is 117 Å². The van der Waals surface area contributed by atoms with Gasteiger partial charge in [-0.1, -0.05) is 13.8 Å². The van der Waals surface area contributed by atoms with Gasteiger partial charge in [-0.05, 0) is 32.2 Å². The average Bonchev–Trinajstić information content (AvgIpc) is 2.42. The lowest BCUT2D eigenvalue weighted by Gasteiger charge is -2.32. The van der Waals surface area contributed by atoms with Gasteiger partial charge in [0.05, 0.1) is 6.61 Å². The normalized spacial score (nSPS) is 15.6. The van der Waals surface area contributed by atoms with Gasteiger partial charge in [0, 0.05) is 12.1 Å². The molecule has 0 aliphatic rings. The van der Waals surface area contributed by atoms with Crippen molar-refractivity contribution >= 4 is 0 Å². The van der Waals surface area contributed by atoms with Crippen LogP contribution >= 0.6 is 0 Å². The van der Waals surface area contributed by atoms with Crippen LogP contribution in [0.3, 0.4) is 0 Å². The molecule has 122 valence electrons. The van der Waals surface area contributed by atoms with Crippen LogP contribution in [-0.4, -0.2) is 49.4 Å². The standard InChI is InChI=1S/C13H25F4NO2/c1-3-7-18-12(4-2,9-19)6-5-8-20-10-13(16,17)11(14)15/h11,18-19H,3-10H2,1-2H3. The number of hydrogen-bond acceptors (Lipinski definition) is 3. The second kappa shape index (κ2) is 9.52. The van der Waals surface area contributed by atoms with Crippen LogP contribution in [0.4, 0.5) is 17.6 Å². The molecular formula is C13H25F4NO2. The van der Waals surface area contributed by atoms with E-state index in [1.807, 2.05) is 13.8 Å². The summed E-state index contributed by atoms with van der Waals surface area (Å²) < 4.78 is 53.5. The molecule has 0 aromatic rings. The summed E-state index contributed by atoms with van der Waals surface area (Å²) in [5, 5.41) is 12.7. The molecule has 0 aromatic heterocycles. The van der Waals surface area contributed by atoms with E-state index in [4.69, 9.17) is 0 Å². The maximum Gasteiger partial charge on any atom is 0.330 e. The fraction of sp³-hybridized carbons (Fsp3) is 1.00. The van der Waals surface area contributed by atoms with Crippen LogP contribution in [0.25, 0.3) is 0 Å². The van der Waals surface area contributed by atoms with Gasteiger partial charge in [0.1, 0.15) is 6.61 Å². The Morgan fingerprint density at radius 1 is 1.25 bits per heavy atom. The minimum absolute atomic E-state index is 0.0299. The van der Waals surface area contributed by atoms with Gasteiger partial charge < -0.3 is 15.2 Å². The molecule has 3 nitrogen and oxygen atoms in total. The first-order chi connectivity index (χ1) is 9.33. The predicted octanol–water partition coefficient (Wildman–Crippen LogP) is 2.82. The van der Waals surface area contributed by atoms with Crippen molar-refractivity contribution in [2.24, 2.45) is 0 Å². The van der Waals surface area contributed by atoms with Crippen molar-refractivity contribution in [1.82, 2.24) is 5.32 Å². The zero-order valence-corrected chi connectivity index (χ0v) is 12.1. The summed E-state index contributed by atoms with van der Waals surface area (Å²) in [6.07, 6.45) is -1.14. The van der Waals surface area contributed by atoms with Gasteiger partial charge in [0.2, 0.25) is 0 Å². The van der Waals surface area contributed by atoms with Gasteiger partial charge in [-0.2, -0.15) is 8.78 Å². The predicted molar refractivity (Wildman–Crippen MR) is 69.4 cm³/mol. The molecule has 0 saturated carbocycles. The van der Waals surface area contributed by atoms with Crippen molar-refractivity contribution in [3.63, 3.8) is 0 Å². The fourth-order valence-electron chi connectivity index (χ4n) is 1.81. The first-order valence-corrected chi connectivity index (χ1v) is 6.93. The quantitative estimate of drug-likeness (QED) is 0.430. The smallest absolute Gasteiger partial charge is 0.330 e. The highest BCUT2D eigenvalue weighted by Gasteiger charge is 2.40. The lowest BCUT2D eigenvalue weighted by Crippen LogP contribution is -2.48. The van der Waals surface area contributed by atoms with Crippen LogP contribution in [-0.2, 0) is 4.74 Å². The highest BCUT2D eigenvalue weighted by Crippen LogP contribution is 2.23. The molecule has 20 heavy (non-hydrogen) atoms. The molecule has 0 radical (unpaired) electrons.